The lowest BCUT2D eigenvalue weighted by Gasteiger charge is -2.05. The van der Waals surface area contributed by atoms with E-state index in [9.17, 15) is 8.78 Å². The van der Waals surface area contributed by atoms with E-state index in [0.29, 0.717) is 5.69 Å². The van der Waals surface area contributed by atoms with Crippen molar-refractivity contribution >= 4 is 10.9 Å². The minimum absolute atomic E-state index is 0.476. The van der Waals surface area contributed by atoms with Crippen LogP contribution in [0.15, 0.2) is 48.7 Å². The first kappa shape index (κ1) is 10.0. The van der Waals surface area contributed by atoms with E-state index in [1.165, 1.54) is 12.1 Å². The van der Waals surface area contributed by atoms with Gasteiger partial charge in [0, 0.05) is 17.6 Å². The van der Waals surface area contributed by atoms with Crippen LogP contribution in [-0.2, 0) is 0 Å². The molecule has 0 saturated carbocycles. The Bertz CT molecular complexity index is 665. The number of aromatic nitrogens is 1. The van der Waals surface area contributed by atoms with E-state index in [2.05, 4.69) is 6.07 Å². The van der Waals surface area contributed by atoms with Crippen molar-refractivity contribution in [3.63, 3.8) is 0 Å². The number of benzene rings is 2. The van der Waals surface area contributed by atoms with Gasteiger partial charge in [0.1, 0.15) is 11.6 Å². The molecule has 3 rings (SSSR count). The first-order valence-electron chi connectivity index (χ1n) is 5.18. The second kappa shape index (κ2) is 3.70. The third-order valence-corrected chi connectivity index (χ3v) is 2.66. The van der Waals surface area contributed by atoms with Gasteiger partial charge < -0.3 is 4.57 Å². The van der Waals surface area contributed by atoms with Gasteiger partial charge in [0.05, 0.1) is 11.2 Å². The number of hydrogen-bond acceptors (Lipinski definition) is 0. The monoisotopic (exact) mass is 228 g/mol. The van der Waals surface area contributed by atoms with Crippen molar-refractivity contribution in [1.29, 1.82) is 0 Å². The van der Waals surface area contributed by atoms with E-state index < -0.39 is 11.6 Å². The van der Waals surface area contributed by atoms with E-state index in [0.717, 1.165) is 17.0 Å². The molecule has 1 nitrogen and oxygen atoms in total. The van der Waals surface area contributed by atoms with Gasteiger partial charge >= 0.3 is 0 Å². The van der Waals surface area contributed by atoms with Gasteiger partial charge in [0.25, 0.3) is 0 Å². The largest absolute Gasteiger partial charge is 0.316 e. The molecule has 0 atom stereocenters. The van der Waals surface area contributed by atoms with Crippen molar-refractivity contribution in [2.45, 2.75) is 0 Å². The predicted molar refractivity (Wildman–Crippen MR) is 62.0 cm³/mol. The summed E-state index contributed by atoms with van der Waals surface area (Å²) < 4.78 is 28.1. The highest BCUT2D eigenvalue weighted by Gasteiger charge is 2.05. The fraction of sp³-hybridized carbons (Fsp3) is 0. The molecule has 83 valence electrons. The molecular formula is C14H8F2N. The third kappa shape index (κ3) is 1.69. The van der Waals surface area contributed by atoms with E-state index in [1.807, 2.05) is 18.2 Å². The average molecular weight is 228 g/mol. The number of fused-ring (bicyclic) bond motifs is 1. The molecule has 0 N–H and O–H groups in total. The van der Waals surface area contributed by atoms with E-state index >= 15 is 0 Å². The Hall–Kier alpha value is -2.16. The predicted octanol–water partition coefficient (Wildman–Crippen LogP) is 3.71. The summed E-state index contributed by atoms with van der Waals surface area (Å²) in [5.74, 6) is -1.16. The molecule has 0 aliphatic rings. The Labute approximate surface area is 96.9 Å². The molecule has 1 radical (unpaired) electrons. The average Bonchev–Trinajstić information content (AvgIpc) is 2.71. The van der Waals surface area contributed by atoms with Crippen LogP contribution in [-0.4, -0.2) is 4.57 Å². The highest BCUT2D eigenvalue weighted by atomic mass is 19.1. The van der Waals surface area contributed by atoms with Crippen LogP contribution < -0.4 is 0 Å². The zero-order chi connectivity index (χ0) is 11.8. The minimum Gasteiger partial charge on any atom is -0.316 e. The Morgan fingerprint density at radius 3 is 2.53 bits per heavy atom. The Morgan fingerprint density at radius 2 is 1.76 bits per heavy atom. The van der Waals surface area contributed by atoms with E-state index in [-0.39, 0.29) is 0 Å². The van der Waals surface area contributed by atoms with Gasteiger partial charge in [-0.3, -0.25) is 0 Å². The molecule has 0 fully saturated rings. The highest BCUT2D eigenvalue weighted by Crippen LogP contribution is 2.21. The molecule has 0 aliphatic heterocycles. The molecule has 3 heteroatoms. The SMILES string of the molecule is Fc1cc(F)cc(-n2ccc3c[c]ccc32)c1. The second-order valence-electron chi connectivity index (χ2n) is 3.80. The van der Waals surface area contributed by atoms with Crippen LogP contribution in [0.25, 0.3) is 16.6 Å². The summed E-state index contributed by atoms with van der Waals surface area (Å²) >= 11 is 0. The lowest BCUT2D eigenvalue weighted by molar-refractivity contribution is 0.582. The smallest absolute Gasteiger partial charge is 0.128 e. The molecule has 0 aliphatic carbocycles. The van der Waals surface area contributed by atoms with Crippen molar-refractivity contribution in [3.05, 3.63) is 66.4 Å². The maximum absolute atomic E-state index is 13.2. The zero-order valence-electron chi connectivity index (χ0n) is 8.82. The highest BCUT2D eigenvalue weighted by molar-refractivity contribution is 5.81. The van der Waals surface area contributed by atoms with Crippen LogP contribution >= 0.6 is 0 Å². The van der Waals surface area contributed by atoms with Gasteiger partial charge in [0.2, 0.25) is 0 Å². The molecule has 1 heterocycles. The third-order valence-electron chi connectivity index (χ3n) is 2.66. The molecular weight excluding hydrogens is 220 g/mol. The quantitative estimate of drug-likeness (QED) is 0.598. The number of rotatable bonds is 1. The molecule has 0 saturated heterocycles. The maximum Gasteiger partial charge on any atom is 0.128 e. The molecule has 3 aromatic rings. The minimum atomic E-state index is -0.579. The van der Waals surface area contributed by atoms with Crippen molar-refractivity contribution in [3.8, 4) is 5.69 Å². The van der Waals surface area contributed by atoms with Gasteiger partial charge in [-0.2, -0.15) is 0 Å². The Morgan fingerprint density at radius 1 is 1.00 bits per heavy atom. The fourth-order valence-electron chi connectivity index (χ4n) is 1.93. The molecule has 2 aromatic carbocycles. The van der Waals surface area contributed by atoms with Crippen molar-refractivity contribution in [2.24, 2.45) is 0 Å². The topological polar surface area (TPSA) is 4.93 Å². The van der Waals surface area contributed by atoms with Gasteiger partial charge in [-0.05, 0) is 36.4 Å². The zero-order valence-corrected chi connectivity index (χ0v) is 8.82. The summed E-state index contributed by atoms with van der Waals surface area (Å²) in [6, 6.07) is 13.8. The fourth-order valence-corrected chi connectivity index (χ4v) is 1.93. The number of hydrogen-bond donors (Lipinski definition) is 0. The van der Waals surface area contributed by atoms with Crippen LogP contribution in [0.1, 0.15) is 0 Å². The van der Waals surface area contributed by atoms with Crippen molar-refractivity contribution in [2.75, 3.05) is 0 Å². The van der Waals surface area contributed by atoms with Gasteiger partial charge in [0.15, 0.2) is 0 Å². The van der Waals surface area contributed by atoms with Crippen LogP contribution in [0.5, 0.6) is 0 Å². The molecule has 0 spiro atoms. The lowest BCUT2D eigenvalue weighted by atomic mass is 10.2. The number of nitrogens with zero attached hydrogens (tertiary/aromatic N) is 1. The lowest BCUT2D eigenvalue weighted by Crippen LogP contribution is -1.94. The van der Waals surface area contributed by atoms with Crippen LogP contribution in [0.2, 0.25) is 0 Å². The van der Waals surface area contributed by atoms with Crippen molar-refractivity contribution < 1.29 is 8.78 Å². The van der Waals surface area contributed by atoms with Gasteiger partial charge in [-0.1, -0.05) is 6.07 Å². The second-order valence-corrected chi connectivity index (χ2v) is 3.80. The Balaban J connectivity index is 2.27. The first-order chi connectivity index (χ1) is 8.24. The van der Waals surface area contributed by atoms with E-state index in [1.54, 1.807) is 16.8 Å². The van der Waals surface area contributed by atoms with Crippen LogP contribution in [0.3, 0.4) is 0 Å². The van der Waals surface area contributed by atoms with E-state index in [4.69, 9.17) is 0 Å². The maximum atomic E-state index is 13.2. The number of halogens is 2. The standard InChI is InChI=1S/C14H8F2N/c15-11-7-12(16)9-13(8-11)17-6-5-10-3-1-2-4-14(10)17/h2-9H. The van der Waals surface area contributed by atoms with Crippen LogP contribution in [0.4, 0.5) is 8.78 Å². The molecule has 0 unspecified atom stereocenters. The normalized spacial score (nSPS) is 10.9. The van der Waals surface area contributed by atoms with Gasteiger partial charge in [-0.25, -0.2) is 8.78 Å². The molecule has 0 bridgehead atoms. The Kier molecular flexibility index (Phi) is 2.18. The summed E-state index contributed by atoms with van der Waals surface area (Å²) in [6.07, 6.45) is 1.78. The summed E-state index contributed by atoms with van der Waals surface area (Å²) in [5.41, 5.74) is 1.37. The summed E-state index contributed by atoms with van der Waals surface area (Å²) in [4.78, 5) is 0. The first-order valence-corrected chi connectivity index (χ1v) is 5.18. The van der Waals surface area contributed by atoms with Crippen LogP contribution in [0, 0.1) is 17.7 Å². The molecule has 17 heavy (non-hydrogen) atoms. The molecule has 0 amide bonds. The summed E-state index contributed by atoms with van der Waals surface area (Å²) in [7, 11) is 0. The van der Waals surface area contributed by atoms with Gasteiger partial charge in [-0.15, -0.1) is 0 Å². The molecule has 1 aromatic heterocycles. The summed E-state index contributed by atoms with van der Waals surface area (Å²) in [6.45, 7) is 0. The van der Waals surface area contributed by atoms with Crippen molar-refractivity contribution in [1.82, 2.24) is 4.57 Å². The summed E-state index contributed by atoms with van der Waals surface area (Å²) in [5, 5.41) is 0.983.